The normalized spacial score (nSPS) is 10.8. The number of methoxy groups -OCH3 is 1. The number of H-pyrrole nitrogens is 1. The topological polar surface area (TPSA) is 47.1 Å². The van der Waals surface area contributed by atoms with Crippen LogP contribution in [-0.2, 0) is 6.61 Å². The third-order valence-electron chi connectivity index (χ3n) is 4.07. The van der Waals surface area contributed by atoms with E-state index in [1.54, 1.807) is 7.11 Å². The zero-order valence-electron chi connectivity index (χ0n) is 13.9. The van der Waals surface area contributed by atoms with E-state index >= 15 is 0 Å². The van der Waals surface area contributed by atoms with Crippen LogP contribution in [0.3, 0.4) is 0 Å². The number of para-hydroxylation sites is 2. The number of imidazole rings is 1. The summed E-state index contributed by atoms with van der Waals surface area (Å²) in [6.45, 7) is 0.511. The molecule has 0 unspecified atom stereocenters. The Bertz CT molecular complexity index is 993. The fourth-order valence-electron chi connectivity index (χ4n) is 2.83. The molecule has 0 radical (unpaired) electrons. The van der Waals surface area contributed by atoms with Crippen LogP contribution in [0.1, 0.15) is 5.56 Å². The van der Waals surface area contributed by atoms with Gasteiger partial charge in [0.1, 0.15) is 29.4 Å². The lowest BCUT2D eigenvalue weighted by Gasteiger charge is -2.06. The summed E-state index contributed by atoms with van der Waals surface area (Å²) in [4.78, 5) is 8.10. The van der Waals surface area contributed by atoms with Gasteiger partial charge in [0, 0.05) is 0 Å². The largest absolute Gasteiger partial charge is 0.496 e. The molecule has 4 rings (SSSR count). The summed E-state index contributed by atoms with van der Waals surface area (Å²) >= 11 is 0. The van der Waals surface area contributed by atoms with Gasteiger partial charge < -0.3 is 14.5 Å². The summed E-state index contributed by atoms with van der Waals surface area (Å²) in [5.74, 6) is 2.32. The number of aromatic nitrogens is 2. The number of rotatable bonds is 5. The Kier molecular flexibility index (Phi) is 4.09. The van der Waals surface area contributed by atoms with Crippen molar-refractivity contribution < 1.29 is 9.47 Å². The van der Waals surface area contributed by atoms with Crippen molar-refractivity contribution in [1.29, 1.82) is 0 Å². The number of benzene rings is 3. The Morgan fingerprint density at radius 1 is 0.840 bits per heavy atom. The molecule has 0 saturated heterocycles. The Balaban J connectivity index is 1.69. The minimum absolute atomic E-state index is 0.511. The minimum Gasteiger partial charge on any atom is -0.496 e. The van der Waals surface area contributed by atoms with Gasteiger partial charge in [-0.25, -0.2) is 4.98 Å². The van der Waals surface area contributed by atoms with Crippen LogP contribution in [0, 0.1) is 0 Å². The number of fused-ring (bicyclic) bond motifs is 1. The van der Waals surface area contributed by atoms with Crippen molar-refractivity contribution in [3.05, 3.63) is 78.4 Å². The molecule has 1 N–H and O–H groups in total. The fourth-order valence-corrected chi connectivity index (χ4v) is 2.83. The van der Waals surface area contributed by atoms with Gasteiger partial charge in [0.05, 0.1) is 18.2 Å². The molecular weight excluding hydrogens is 312 g/mol. The third-order valence-corrected chi connectivity index (χ3v) is 4.07. The van der Waals surface area contributed by atoms with Gasteiger partial charge in [-0.15, -0.1) is 0 Å². The molecule has 25 heavy (non-hydrogen) atoms. The van der Waals surface area contributed by atoms with Gasteiger partial charge >= 0.3 is 0 Å². The Morgan fingerprint density at radius 3 is 2.44 bits per heavy atom. The highest BCUT2D eigenvalue weighted by Crippen LogP contribution is 2.32. The van der Waals surface area contributed by atoms with Crippen molar-refractivity contribution in [2.24, 2.45) is 0 Å². The predicted octanol–water partition coefficient (Wildman–Crippen LogP) is 4.82. The molecule has 0 bridgehead atoms. The molecule has 0 aliphatic carbocycles. The van der Waals surface area contributed by atoms with Crippen molar-refractivity contribution in [3.63, 3.8) is 0 Å². The molecule has 124 valence electrons. The van der Waals surface area contributed by atoms with Crippen LogP contribution >= 0.6 is 0 Å². The maximum absolute atomic E-state index is 6.00. The van der Waals surface area contributed by atoms with Gasteiger partial charge in [-0.1, -0.05) is 48.5 Å². The molecule has 1 heterocycles. The number of ether oxygens (including phenoxy) is 2. The zero-order chi connectivity index (χ0) is 17.1. The summed E-state index contributed by atoms with van der Waals surface area (Å²) < 4.78 is 11.4. The quantitative estimate of drug-likeness (QED) is 0.571. The van der Waals surface area contributed by atoms with E-state index in [0.717, 1.165) is 39.5 Å². The van der Waals surface area contributed by atoms with Crippen molar-refractivity contribution in [2.75, 3.05) is 7.11 Å². The Labute approximate surface area is 146 Å². The van der Waals surface area contributed by atoms with Gasteiger partial charge in [-0.05, 0) is 29.8 Å². The number of hydrogen-bond acceptors (Lipinski definition) is 3. The molecule has 3 aromatic carbocycles. The van der Waals surface area contributed by atoms with Crippen LogP contribution in [0.5, 0.6) is 11.5 Å². The Hall–Kier alpha value is -3.27. The first-order valence-electron chi connectivity index (χ1n) is 8.14. The molecule has 0 fully saturated rings. The highest BCUT2D eigenvalue weighted by molar-refractivity contribution is 5.85. The minimum atomic E-state index is 0.511. The summed E-state index contributed by atoms with van der Waals surface area (Å²) in [6, 6.07) is 23.8. The second-order valence-corrected chi connectivity index (χ2v) is 5.71. The molecule has 4 nitrogen and oxygen atoms in total. The van der Waals surface area contributed by atoms with Gasteiger partial charge in [0.2, 0.25) is 0 Å². The summed E-state index contributed by atoms with van der Waals surface area (Å²) in [7, 11) is 1.66. The van der Waals surface area contributed by atoms with Crippen LogP contribution in [0.2, 0.25) is 0 Å². The SMILES string of the molecule is COc1ccccc1-c1nc2c(OCc3ccccc3)cccc2[nH]1. The molecule has 0 amide bonds. The van der Waals surface area contributed by atoms with Crippen LogP contribution in [0.15, 0.2) is 72.8 Å². The van der Waals surface area contributed by atoms with E-state index in [-0.39, 0.29) is 0 Å². The molecule has 4 aromatic rings. The van der Waals surface area contributed by atoms with Crippen molar-refractivity contribution >= 4 is 11.0 Å². The highest BCUT2D eigenvalue weighted by Gasteiger charge is 2.13. The number of aromatic amines is 1. The Morgan fingerprint density at radius 2 is 1.60 bits per heavy atom. The first-order valence-corrected chi connectivity index (χ1v) is 8.14. The van der Waals surface area contributed by atoms with E-state index in [0.29, 0.717) is 6.61 Å². The lowest BCUT2D eigenvalue weighted by Crippen LogP contribution is -1.95. The van der Waals surface area contributed by atoms with Crippen molar-refractivity contribution in [1.82, 2.24) is 9.97 Å². The van der Waals surface area contributed by atoms with E-state index in [4.69, 9.17) is 14.5 Å². The lowest BCUT2D eigenvalue weighted by atomic mass is 10.2. The summed E-state index contributed by atoms with van der Waals surface area (Å²) in [5, 5.41) is 0. The maximum atomic E-state index is 6.00. The second kappa shape index (κ2) is 6.69. The lowest BCUT2D eigenvalue weighted by molar-refractivity contribution is 0.309. The summed E-state index contributed by atoms with van der Waals surface area (Å²) in [5.41, 5.74) is 3.81. The van der Waals surface area contributed by atoms with E-state index < -0.39 is 0 Å². The van der Waals surface area contributed by atoms with E-state index in [2.05, 4.69) is 4.98 Å². The molecule has 4 heteroatoms. The molecule has 1 aromatic heterocycles. The smallest absolute Gasteiger partial charge is 0.147 e. The highest BCUT2D eigenvalue weighted by atomic mass is 16.5. The predicted molar refractivity (Wildman–Crippen MR) is 98.9 cm³/mol. The molecule has 0 spiro atoms. The average Bonchev–Trinajstić information content (AvgIpc) is 3.12. The van der Waals surface area contributed by atoms with E-state index in [9.17, 15) is 0 Å². The fraction of sp³-hybridized carbons (Fsp3) is 0.0952. The molecule has 0 aliphatic heterocycles. The van der Waals surface area contributed by atoms with E-state index in [1.807, 2.05) is 72.8 Å². The van der Waals surface area contributed by atoms with Gasteiger partial charge in [-0.2, -0.15) is 0 Å². The van der Waals surface area contributed by atoms with E-state index in [1.165, 1.54) is 0 Å². The monoisotopic (exact) mass is 330 g/mol. The van der Waals surface area contributed by atoms with Crippen molar-refractivity contribution in [2.45, 2.75) is 6.61 Å². The zero-order valence-corrected chi connectivity index (χ0v) is 13.9. The molecule has 0 aliphatic rings. The number of nitrogens with one attached hydrogen (secondary N) is 1. The number of nitrogens with zero attached hydrogens (tertiary/aromatic N) is 1. The first-order chi connectivity index (χ1) is 12.3. The third kappa shape index (κ3) is 3.06. The molecular formula is C21H18N2O2. The van der Waals surface area contributed by atoms with Gasteiger partial charge in [-0.3, -0.25) is 0 Å². The first kappa shape index (κ1) is 15.3. The van der Waals surface area contributed by atoms with Crippen molar-refractivity contribution in [3.8, 4) is 22.9 Å². The van der Waals surface area contributed by atoms with Gasteiger partial charge in [0.25, 0.3) is 0 Å². The van der Waals surface area contributed by atoms with Crippen LogP contribution in [0.25, 0.3) is 22.4 Å². The van der Waals surface area contributed by atoms with Crippen LogP contribution in [0.4, 0.5) is 0 Å². The molecule has 0 atom stereocenters. The standard InChI is InChI=1S/C21H18N2O2/c1-24-18-12-6-5-10-16(18)21-22-17-11-7-13-19(20(17)23-21)25-14-15-8-3-2-4-9-15/h2-13H,14H2,1H3,(H,22,23). The van der Waals surface area contributed by atoms with Gasteiger partial charge in [0.15, 0.2) is 0 Å². The average molecular weight is 330 g/mol. The molecule has 0 saturated carbocycles. The second-order valence-electron chi connectivity index (χ2n) is 5.71. The summed E-state index contributed by atoms with van der Waals surface area (Å²) in [6.07, 6.45) is 0. The maximum Gasteiger partial charge on any atom is 0.147 e. The van der Waals surface area contributed by atoms with Crippen LogP contribution in [-0.4, -0.2) is 17.1 Å². The number of hydrogen-bond donors (Lipinski definition) is 1. The van der Waals surface area contributed by atoms with Crippen LogP contribution < -0.4 is 9.47 Å².